The quantitative estimate of drug-likeness (QED) is 0.346. The third-order valence-corrected chi connectivity index (χ3v) is 5.81. The monoisotopic (exact) mass is 487 g/mol. The molecule has 5 aromatic rings. The lowest BCUT2D eigenvalue weighted by Gasteiger charge is -2.12. The highest BCUT2D eigenvalue weighted by atomic mass is 35.5. The first kappa shape index (κ1) is 22.5. The van der Waals surface area contributed by atoms with Crippen molar-refractivity contribution in [1.82, 2.24) is 24.9 Å². The van der Waals surface area contributed by atoms with Crippen LogP contribution in [0.4, 0.5) is 5.82 Å². The number of nitrogens with zero attached hydrogens (tertiary/aromatic N) is 5. The number of aromatic nitrogens is 5. The van der Waals surface area contributed by atoms with Gasteiger partial charge in [0.15, 0.2) is 5.82 Å². The van der Waals surface area contributed by atoms with Crippen LogP contribution in [0.5, 0.6) is 0 Å². The molecule has 2 aromatic carbocycles. The van der Waals surface area contributed by atoms with E-state index in [9.17, 15) is 4.79 Å². The molecule has 0 unspecified atom stereocenters. The Morgan fingerprint density at radius 3 is 2.74 bits per heavy atom. The summed E-state index contributed by atoms with van der Waals surface area (Å²) >= 11 is 6.15. The number of anilines is 1. The predicted octanol–water partition coefficient (Wildman–Crippen LogP) is 4.52. The van der Waals surface area contributed by atoms with E-state index >= 15 is 0 Å². The molecule has 0 saturated heterocycles. The number of aryl methyl sites for hydroxylation is 2. The number of rotatable bonds is 7. The van der Waals surface area contributed by atoms with Crippen LogP contribution in [0, 0.1) is 13.8 Å². The average Bonchev–Trinajstić information content (AvgIpc) is 3.42. The van der Waals surface area contributed by atoms with Crippen molar-refractivity contribution < 1.29 is 9.32 Å². The summed E-state index contributed by atoms with van der Waals surface area (Å²) in [5, 5.41) is 13.2. The largest absolute Gasteiger partial charge is 0.368 e. The first-order valence-corrected chi connectivity index (χ1v) is 11.3. The van der Waals surface area contributed by atoms with E-state index in [-0.39, 0.29) is 6.54 Å². The Labute approximate surface area is 205 Å². The van der Waals surface area contributed by atoms with Gasteiger partial charge in [-0.15, -0.1) is 0 Å². The Hall–Kier alpha value is -4.24. The fourth-order valence-corrected chi connectivity index (χ4v) is 4.21. The second kappa shape index (κ2) is 9.19. The molecule has 0 spiro atoms. The van der Waals surface area contributed by atoms with Crippen molar-refractivity contribution in [3.8, 4) is 22.5 Å². The predicted molar refractivity (Wildman–Crippen MR) is 134 cm³/mol. The summed E-state index contributed by atoms with van der Waals surface area (Å²) in [6, 6.07) is 13.6. The molecule has 0 saturated carbocycles. The summed E-state index contributed by atoms with van der Waals surface area (Å²) in [7, 11) is 0. The highest BCUT2D eigenvalue weighted by molar-refractivity contribution is 6.30. The van der Waals surface area contributed by atoms with Crippen molar-refractivity contribution in [3.05, 3.63) is 76.9 Å². The zero-order valence-corrected chi connectivity index (χ0v) is 19.9. The molecule has 0 aliphatic carbocycles. The van der Waals surface area contributed by atoms with Crippen molar-refractivity contribution in [3.63, 3.8) is 0 Å². The standard InChI is InChI=1S/C25H22ClN7O2/c1-14-23(15(2)35-32-14)17-6-7-20-21(9-17)30-24(18-11-29-33(12-18)13-22(27)34)31-25(20)28-10-16-4-3-5-19(26)8-16/h3-9,11-12H,10,13H2,1-2H3,(H2,27,34)(H,28,30,31). The van der Waals surface area contributed by atoms with Gasteiger partial charge in [0.05, 0.1) is 23.0 Å². The van der Waals surface area contributed by atoms with Gasteiger partial charge in [0.1, 0.15) is 18.1 Å². The van der Waals surface area contributed by atoms with Crippen molar-refractivity contribution in [1.29, 1.82) is 0 Å². The molecule has 0 aliphatic heterocycles. The Kier molecular flexibility index (Phi) is 5.92. The maximum atomic E-state index is 11.3. The number of hydrogen-bond donors (Lipinski definition) is 2. The molecule has 10 heteroatoms. The molecule has 0 bridgehead atoms. The topological polar surface area (TPSA) is 125 Å². The van der Waals surface area contributed by atoms with Crippen LogP contribution in [0.2, 0.25) is 5.02 Å². The minimum atomic E-state index is -0.480. The van der Waals surface area contributed by atoms with Gasteiger partial charge in [-0.05, 0) is 49.2 Å². The van der Waals surface area contributed by atoms with Crippen molar-refractivity contribution >= 4 is 34.2 Å². The number of carbonyl (C=O) groups excluding carboxylic acids is 1. The average molecular weight is 488 g/mol. The summed E-state index contributed by atoms with van der Waals surface area (Å²) in [4.78, 5) is 20.9. The Morgan fingerprint density at radius 2 is 2.00 bits per heavy atom. The van der Waals surface area contributed by atoms with Crippen LogP contribution < -0.4 is 11.1 Å². The number of halogens is 1. The number of fused-ring (bicyclic) bond motifs is 1. The molecule has 3 N–H and O–H groups in total. The van der Waals surface area contributed by atoms with Gasteiger partial charge in [-0.25, -0.2) is 9.97 Å². The van der Waals surface area contributed by atoms with E-state index in [1.54, 1.807) is 12.4 Å². The molecule has 0 aliphatic rings. The maximum Gasteiger partial charge on any atom is 0.239 e. The van der Waals surface area contributed by atoms with E-state index in [1.807, 2.05) is 56.3 Å². The van der Waals surface area contributed by atoms with E-state index in [0.29, 0.717) is 28.8 Å². The van der Waals surface area contributed by atoms with Gasteiger partial charge in [-0.2, -0.15) is 5.10 Å². The second-order valence-corrected chi connectivity index (χ2v) is 8.64. The molecule has 9 nitrogen and oxygen atoms in total. The summed E-state index contributed by atoms with van der Waals surface area (Å²) in [5.41, 5.74) is 10.4. The lowest BCUT2D eigenvalue weighted by atomic mass is 10.0. The molecule has 0 atom stereocenters. The normalized spacial score (nSPS) is 11.2. The van der Waals surface area contributed by atoms with Gasteiger partial charge in [0.25, 0.3) is 0 Å². The first-order chi connectivity index (χ1) is 16.9. The summed E-state index contributed by atoms with van der Waals surface area (Å²) in [5.74, 6) is 1.39. The molecule has 0 fully saturated rings. The minimum Gasteiger partial charge on any atom is -0.368 e. The van der Waals surface area contributed by atoms with Gasteiger partial charge < -0.3 is 15.6 Å². The number of nitrogens with two attached hydrogens (primary N) is 1. The third-order valence-electron chi connectivity index (χ3n) is 5.58. The second-order valence-electron chi connectivity index (χ2n) is 8.20. The van der Waals surface area contributed by atoms with Crippen LogP contribution >= 0.6 is 11.6 Å². The zero-order valence-electron chi connectivity index (χ0n) is 19.1. The number of nitrogens with one attached hydrogen (secondary N) is 1. The SMILES string of the molecule is Cc1noc(C)c1-c1ccc2c(NCc3cccc(Cl)c3)nc(-c3cnn(CC(N)=O)c3)nc2c1. The molecule has 35 heavy (non-hydrogen) atoms. The Balaban J connectivity index is 1.60. The van der Waals surface area contributed by atoms with Crippen LogP contribution in [0.15, 0.2) is 59.4 Å². The molecule has 3 heterocycles. The lowest BCUT2D eigenvalue weighted by molar-refractivity contribution is -0.118. The molecule has 0 radical (unpaired) electrons. The number of amides is 1. The van der Waals surface area contributed by atoms with Crippen LogP contribution in [-0.4, -0.2) is 30.8 Å². The number of hydrogen-bond acceptors (Lipinski definition) is 7. The van der Waals surface area contributed by atoms with Gasteiger partial charge in [-0.3, -0.25) is 9.48 Å². The number of primary amides is 1. The number of benzene rings is 2. The Morgan fingerprint density at radius 1 is 1.14 bits per heavy atom. The highest BCUT2D eigenvalue weighted by Gasteiger charge is 2.16. The van der Waals surface area contributed by atoms with Crippen molar-refractivity contribution in [2.45, 2.75) is 26.9 Å². The lowest BCUT2D eigenvalue weighted by Crippen LogP contribution is -2.18. The van der Waals surface area contributed by atoms with E-state index in [2.05, 4.69) is 15.6 Å². The van der Waals surface area contributed by atoms with E-state index in [1.165, 1.54) is 4.68 Å². The molecule has 3 aromatic heterocycles. The van der Waals surface area contributed by atoms with Crippen LogP contribution in [0.25, 0.3) is 33.4 Å². The van der Waals surface area contributed by atoms with Gasteiger partial charge in [0, 0.05) is 28.7 Å². The van der Waals surface area contributed by atoms with E-state index in [0.717, 1.165) is 39.0 Å². The van der Waals surface area contributed by atoms with Crippen molar-refractivity contribution in [2.24, 2.45) is 5.73 Å². The molecular formula is C25H22ClN7O2. The molecule has 176 valence electrons. The molecular weight excluding hydrogens is 466 g/mol. The summed E-state index contributed by atoms with van der Waals surface area (Å²) in [6.45, 7) is 4.30. The first-order valence-electron chi connectivity index (χ1n) is 10.9. The maximum absolute atomic E-state index is 11.3. The Bertz CT molecular complexity index is 1540. The molecule has 1 amide bonds. The number of carbonyl (C=O) groups is 1. The smallest absolute Gasteiger partial charge is 0.239 e. The molecule has 5 rings (SSSR count). The zero-order chi connectivity index (χ0) is 24.5. The van der Waals surface area contributed by atoms with Crippen LogP contribution in [-0.2, 0) is 17.9 Å². The van der Waals surface area contributed by atoms with E-state index < -0.39 is 5.91 Å². The van der Waals surface area contributed by atoms with E-state index in [4.69, 9.17) is 31.8 Å². The van der Waals surface area contributed by atoms with Crippen LogP contribution in [0.3, 0.4) is 0 Å². The highest BCUT2D eigenvalue weighted by Crippen LogP contribution is 2.32. The van der Waals surface area contributed by atoms with Crippen LogP contribution in [0.1, 0.15) is 17.0 Å². The summed E-state index contributed by atoms with van der Waals surface area (Å²) in [6.07, 6.45) is 3.31. The minimum absolute atomic E-state index is 0.0242. The summed E-state index contributed by atoms with van der Waals surface area (Å²) < 4.78 is 6.82. The van der Waals surface area contributed by atoms with Gasteiger partial charge in [0.2, 0.25) is 5.91 Å². The third kappa shape index (κ3) is 4.71. The van der Waals surface area contributed by atoms with Gasteiger partial charge >= 0.3 is 0 Å². The van der Waals surface area contributed by atoms with Gasteiger partial charge in [-0.1, -0.05) is 35.0 Å². The van der Waals surface area contributed by atoms with Crippen molar-refractivity contribution in [2.75, 3.05) is 5.32 Å². The fourth-order valence-electron chi connectivity index (χ4n) is 4.00. The fraction of sp³-hybridized carbons (Fsp3) is 0.160.